The third kappa shape index (κ3) is 6.12. The Kier molecular flexibility index (Phi) is 7.38. The topological polar surface area (TPSA) is 61.5 Å². The van der Waals surface area contributed by atoms with Crippen molar-refractivity contribution in [2.45, 2.75) is 19.1 Å². The van der Waals surface area contributed by atoms with E-state index < -0.39 is 18.8 Å². The lowest BCUT2D eigenvalue weighted by molar-refractivity contribution is -0.153. The van der Waals surface area contributed by atoms with E-state index in [0.717, 1.165) is 0 Å². The highest BCUT2D eigenvalue weighted by Crippen LogP contribution is 2.23. The Hall–Kier alpha value is -1.47. The Morgan fingerprint density at radius 1 is 1.35 bits per heavy atom. The van der Waals surface area contributed by atoms with Gasteiger partial charge in [-0.05, 0) is 11.6 Å². The van der Waals surface area contributed by atoms with Gasteiger partial charge in [0.1, 0.15) is 5.75 Å². The van der Waals surface area contributed by atoms with Gasteiger partial charge in [0.15, 0.2) is 6.61 Å². The van der Waals surface area contributed by atoms with E-state index in [-0.39, 0.29) is 31.1 Å². The van der Waals surface area contributed by atoms with E-state index >= 15 is 0 Å². The van der Waals surface area contributed by atoms with Gasteiger partial charge in [0.05, 0.1) is 13.5 Å². The van der Waals surface area contributed by atoms with Crippen molar-refractivity contribution < 1.29 is 27.4 Å². The van der Waals surface area contributed by atoms with Gasteiger partial charge in [-0.1, -0.05) is 12.1 Å². The molecule has 1 aromatic carbocycles. The van der Waals surface area contributed by atoms with Gasteiger partial charge in [0.2, 0.25) is 0 Å². The number of hydrogen-bond donors (Lipinski definition) is 1. The summed E-state index contributed by atoms with van der Waals surface area (Å²) in [7, 11) is 1.26. The van der Waals surface area contributed by atoms with Crippen LogP contribution in [0.4, 0.5) is 13.2 Å². The van der Waals surface area contributed by atoms with Crippen LogP contribution in [0.2, 0.25) is 0 Å². The van der Waals surface area contributed by atoms with Crippen LogP contribution in [0.15, 0.2) is 18.2 Å². The number of esters is 1. The summed E-state index contributed by atoms with van der Waals surface area (Å²) in [4.78, 5) is 11.1. The summed E-state index contributed by atoms with van der Waals surface area (Å²) < 4.78 is 45.3. The Balaban J connectivity index is 0.00000361. The predicted octanol–water partition coefficient (Wildman–Crippen LogP) is 2.22. The lowest BCUT2D eigenvalue weighted by Gasteiger charge is -2.13. The van der Waals surface area contributed by atoms with Crippen LogP contribution in [0.1, 0.15) is 11.1 Å². The van der Waals surface area contributed by atoms with Crippen molar-refractivity contribution in [3.05, 3.63) is 29.3 Å². The monoisotopic (exact) mass is 313 g/mol. The van der Waals surface area contributed by atoms with Gasteiger partial charge >= 0.3 is 12.1 Å². The molecule has 0 spiro atoms. The number of methoxy groups -OCH3 is 1. The zero-order valence-corrected chi connectivity index (χ0v) is 11.5. The zero-order valence-electron chi connectivity index (χ0n) is 10.7. The summed E-state index contributed by atoms with van der Waals surface area (Å²) in [6.45, 7) is -1.36. The molecule has 0 atom stereocenters. The summed E-state index contributed by atoms with van der Waals surface area (Å²) in [6, 6.07) is 4.40. The van der Waals surface area contributed by atoms with Crippen LogP contribution in [0.5, 0.6) is 5.75 Å². The molecular weight excluding hydrogens is 299 g/mol. The van der Waals surface area contributed by atoms with Crippen LogP contribution in [-0.2, 0) is 22.5 Å². The summed E-state index contributed by atoms with van der Waals surface area (Å²) in [5.41, 5.74) is 6.46. The Bertz CT molecular complexity index is 452. The van der Waals surface area contributed by atoms with Crippen LogP contribution in [0.3, 0.4) is 0 Å². The molecule has 0 saturated heterocycles. The van der Waals surface area contributed by atoms with Crippen molar-refractivity contribution in [3.8, 4) is 5.75 Å². The van der Waals surface area contributed by atoms with Gasteiger partial charge in [-0.25, -0.2) is 0 Å². The smallest absolute Gasteiger partial charge is 0.422 e. The molecule has 0 aromatic heterocycles. The molecule has 0 saturated carbocycles. The SMILES string of the molecule is COC(=O)Cc1ccc(OCC(F)(F)F)c(CN)c1.Cl. The molecule has 0 fully saturated rings. The second-order valence-corrected chi connectivity index (χ2v) is 3.80. The van der Waals surface area contributed by atoms with Gasteiger partial charge < -0.3 is 15.2 Å². The van der Waals surface area contributed by atoms with E-state index in [0.29, 0.717) is 11.1 Å². The van der Waals surface area contributed by atoms with Crippen molar-refractivity contribution in [1.29, 1.82) is 0 Å². The first-order chi connectivity index (χ1) is 8.85. The Morgan fingerprint density at radius 2 is 2.00 bits per heavy atom. The fourth-order valence-electron chi connectivity index (χ4n) is 1.44. The summed E-state index contributed by atoms with van der Waals surface area (Å²) in [5.74, 6) is -0.375. The average molecular weight is 314 g/mol. The predicted molar refractivity (Wildman–Crippen MR) is 68.9 cm³/mol. The molecule has 0 amide bonds. The summed E-state index contributed by atoms with van der Waals surface area (Å²) in [5, 5.41) is 0. The molecule has 0 unspecified atom stereocenters. The lowest BCUT2D eigenvalue weighted by Crippen LogP contribution is -2.20. The average Bonchev–Trinajstić information content (AvgIpc) is 2.35. The number of rotatable bonds is 5. The number of nitrogens with two attached hydrogens (primary N) is 1. The number of benzene rings is 1. The van der Waals surface area contributed by atoms with E-state index in [1.807, 2.05) is 0 Å². The van der Waals surface area contributed by atoms with Gasteiger partial charge in [-0.15, -0.1) is 12.4 Å². The van der Waals surface area contributed by atoms with Gasteiger partial charge in [0.25, 0.3) is 0 Å². The number of halogens is 4. The maximum atomic E-state index is 12.1. The molecule has 1 rings (SSSR count). The van der Waals surface area contributed by atoms with Crippen molar-refractivity contribution in [3.63, 3.8) is 0 Å². The van der Waals surface area contributed by atoms with Crippen molar-refractivity contribution in [1.82, 2.24) is 0 Å². The summed E-state index contributed by atoms with van der Waals surface area (Å²) in [6.07, 6.45) is -4.38. The molecule has 20 heavy (non-hydrogen) atoms. The highest BCUT2D eigenvalue weighted by molar-refractivity contribution is 5.85. The van der Waals surface area contributed by atoms with E-state index in [2.05, 4.69) is 9.47 Å². The van der Waals surface area contributed by atoms with Crippen molar-refractivity contribution in [2.75, 3.05) is 13.7 Å². The quantitative estimate of drug-likeness (QED) is 0.847. The molecule has 4 nitrogen and oxygen atoms in total. The molecule has 0 bridgehead atoms. The first-order valence-electron chi connectivity index (χ1n) is 5.44. The highest BCUT2D eigenvalue weighted by atomic mass is 35.5. The van der Waals surface area contributed by atoms with Crippen LogP contribution >= 0.6 is 12.4 Å². The molecule has 1 aromatic rings. The number of ether oxygens (including phenoxy) is 2. The Labute approximate surface area is 120 Å². The second kappa shape index (κ2) is 7.96. The number of alkyl halides is 3. The van der Waals surface area contributed by atoms with Gasteiger partial charge in [-0.2, -0.15) is 13.2 Å². The molecule has 8 heteroatoms. The normalized spacial score (nSPS) is 10.7. The Morgan fingerprint density at radius 3 is 2.50 bits per heavy atom. The van der Waals surface area contributed by atoms with E-state index in [4.69, 9.17) is 5.73 Å². The summed E-state index contributed by atoms with van der Waals surface area (Å²) >= 11 is 0. The van der Waals surface area contributed by atoms with Gasteiger partial charge in [0, 0.05) is 12.1 Å². The minimum atomic E-state index is -4.41. The van der Waals surface area contributed by atoms with Crippen LogP contribution in [-0.4, -0.2) is 25.9 Å². The maximum absolute atomic E-state index is 12.1. The van der Waals surface area contributed by atoms with Crippen molar-refractivity contribution in [2.24, 2.45) is 5.73 Å². The molecule has 2 N–H and O–H groups in total. The first kappa shape index (κ1) is 18.5. The fraction of sp³-hybridized carbons (Fsp3) is 0.417. The molecule has 0 aliphatic rings. The van der Waals surface area contributed by atoms with Crippen LogP contribution in [0.25, 0.3) is 0 Å². The first-order valence-corrected chi connectivity index (χ1v) is 5.44. The number of carbonyl (C=O) groups is 1. The second-order valence-electron chi connectivity index (χ2n) is 3.80. The maximum Gasteiger partial charge on any atom is 0.422 e. The minimum Gasteiger partial charge on any atom is -0.484 e. The molecule has 0 aliphatic carbocycles. The van der Waals surface area contributed by atoms with Crippen LogP contribution < -0.4 is 10.5 Å². The molecule has 0 heterocycles. The van der Waals surface area contributed by atoms with E-state index in [1.54, 1.807) is 0 Å². The van der Waals surface area contributed by atoms with Crippen LogP contribution in [0, 0.1) is 0 Å². The third-order valence-corrected chi connectivity index (χ3v) is 2.31. The molecule has 114 valence electrons. The highest BCUT2D eigenvalue weighted by Gasteiger charge is 2.28. The van der Waals surface area contributed by atoms with E-state index in [1.165, 1.54) is 25.3 Å². The minimum absolute atomic E-state index is 0. The standard InChI is InChI=1S/C12H14F3NO3.ClH/c1-18-11(17)5-8-2-3-10(9(4-8)6-16)19-7-12(13,14)15;/h2-4H,5-7,16H2,1H3;1H. The number of hydrogen-bond acceptors (Lipinski definition) is 4. The number of carbonyl (C=O) groups excluding carboxylic acids is 1. The third-order valence-electron chi connectivity index (χ3n) is 2.31. The molecule has 0 radical (unpaired) electrons. The van der Waals surface area contributed by atoms with Gasteiger partial charge in [-0.3, -0.25) is 4.79 Å². The molecular formula is C12H15ClF3NO3. The zero-order chi connectivity index (χ0) is 14.5. The lowest BCUT2D eigenvalue weighted by atomic mass is 10.1. The largest absolute Gasteiger partial charge is 0.484 e. The van der Waals surface area contributed by atoms with Crippen molar-refractivity contribution >= 4 is 18.4 Å². The molecule has 0 aliphatic heterocycles. The van der Waals surface area contributed by atoms with E-state index in [9.17, 15) is 18.0 Å². The fourth-order valence-corrected chi connectivity index (χ4v) is 1.44.